The first-order chi connectivity index (χ1) is 16.2. The highest BCUT2D eigenvalue weighted by Crippen LogP contribution is 2.33. The summed E-state index contributed by atoms with van der Waals surface area (Å²) < 4.78 is 5.99. The smallest absolute Gasteiger partial charge is 0.308 e. The van der Waals surface area contributed by atoms with Gasteiger partial charge >= 0.3 is 5.97 Å². The molecule has 7 heteroatoms. The van der Waals surface area contributed by atoms with Gasteiger partial charge < -0.3 is 14.9 Å². The fourth-order valence-corrected chi connectivity index (χ4v) is 5.83. The summed E-state index contributed by atoms with van der Waals surface area (Å²) in [6, 6.07) is 0. The van der Waals surface area contributed by atoms with E-state index in [0.29, 0.717) is 6.42 Å². The number of nitrogens with zero attached hydrogens (tertiary/aromatic N) is 1. The van der Waals surface area contributed by atoms with Crippen LogP contribution in [0.1, 0.15) is 84.9 Å². The number of aryl methyl sites for hydroxylation is 1. The normalized spacial score (nSPS) is 34.1. The van der Waals surface area contributed by atoms with Gasteiger partial charge in [0.2, 0.25) is 0 Å². The van der Waals surface area contributed by atoms with Crippen molar-refractivity contribution in [3.8, 4) is 0 Å². The van der Waals surface area contributed by atoms with E-state index < -0.39 is 29.5 Å². The van der Waals surface area contributed by atoms with Crippen molar-refractivity contribution in [1.82, 2.24) is 4.98 Å². The number of ketones is 1. The molecule has 1 aliphatic heterocycles. The zero-order valence-corrected chi connectivity index (χ0v) is 23.5. The molecule has 0 amide bonds. The van der Waals surface area contributed by atoms with Gasteiger partial charge in [-0.05, 0) is 51.4 Å². The Morgan fingerprint density at radius 1 is 1.20 bits per heavy atom. The second kappa shape index (κ2) is 12.6. The first-order valence-electron chi connectivity index (χ1n) is 12.9. The number of Topliss-reactive ketones (excluding diaryl/α,β-unsaturated/α-hetero) is 1. The topological polar surface area (TPSA) is 96.7 Å². The van der Waals surface area contributed by atoms with E-state index in [0.717, 1.165) is 30.0 Å². The molecular weight excluding hydrogens is 462 g/mol. The minimum absolute atomic E-state index is 0.0172. The highest BCUT2D eigenvalue weighted by molar-refractivity contribution is 7.09. The summed E-state index contributed by atoms with van der Waals surface area (Å²) in [7, 11) is 0. The molecule has 35 heavy (non-hydrogen) atoms. The summed E-state index contributed by atoms with van der Waals surface area (Å²) in [6.07, 6.45) is 2.82. The third kappa shape index (κ3) is 7.96. The van der Waals surface area contributed by atoms with Crippen LogP contribution in [0.4, 0.5) is 0 Å². The van der Waals surface area contributed by atoms with Crippen LogP contribution < -0.4 is 0 Å². The number of rotatable bonds is 3. The number of allylic oxidation sites excluding steroid dienone is 1. The number of cyclic esters (lactones) is 1. The van der Waals surface area contributed by atoms with Crippen molar-refractivity contribution >= 4 is 23.1 Å². The molecular formula is C28H45NO5S. The summed E-state index contributed by atoms with van der Waals surface area (Å²) in [5.41, 5.74) is 1.02. The second-order valence-corrected chi connectivity index (χ2v) is 12.4. The Bertz CT molecular complexity index is 892. The SMILES string of the molecule is C/C1=C/C(C)[C@@H](C(C)Cc2csc(C)n2)OC(=O)C[C@H](O)C(C)(C)C(=O)[C@H](C)[C@@H](O)[C@@H](C)CCC1. The molecule has 198 valence electrons. The van der Waals surface area contributed by atoms with Crippen molar-refractivity contribution in [3.05, 3.63) is 27.7 Å². The Hall–Kier alpha value is -1.57. The Labute approximate surface area is 215 Å². The molecule has 1 aliphatic rings. The zero-order chi connectivity index (χ0) is 26.5. The summed E-state index contributed by atoms with van der Waals surface area (Å²) in [4.78, 5) is 30.8. The van der Waals surface area contributed by atoms with Crippen LogP contribution in [0, 0.1) is 36.0 Å². The monoisotopic (exact) mass is 507 g/mol. The number of aliphatic hydroxyl groups excluding tert-OH is 2. The first-order valence-corrected chi connectivity index (χ1v) is 13.8. The maximum Gasteiger partial charge on any atom is 0.308 e. The Kier molecular flexibility index (Phi) is 10.7. The van der Waals surface area contributed by atoms with E-state index in [4.69, 9.17) is 4.74 Å². The number of aromatic nitrogens is 1. The van der Waals surface area contributed by atoms with Crippen molar-refractivity contribution in [2.45, 2.75) is 106 Å². The molecule has 2 N–H and O–H groups in total. The lowest BCUT2D eigenvalue weighted by molar-refractivity contribution is -0.159. The molecule has 7 atom stereocenters. The standard InChI is InChI=1S/C28H45NO5S/c1-16-10-9-11-17(2)25(32)20(5)27(33)28(7,8)23(30)14-24(31)34-26(18(3)12-16)19(4)13-22-15-35-21(6)29-22/h12,15,17-20,23,25-26,30,32H,9-11,13-14H2,1-8H3/b16-12-/t17-,18?,19?,20+,23-,25-,26-/m0/s1. The number of ether oxygens (including phenoxy) is 1. The van der Waals surface area contributed by atoms with Gasteiger partial charge in [-0.1, -0.05) is 53.2 Å². The van der Waals surface area contributed by atoms with E-state index in [1.54, 1.807) is 32.1 Å². The van der Waals surface area contributed by atoms with Crippen molar-refractivity contribution < 1.29 is 24.5 Å². The van der Waals surface area contributed by atoms with Crippen LogP contribution >= 0.6 is 11.3 Å². The van der Waals surface area contributed by atoms with Gasteiger partial charge in [0.05, 0.1) is 34.7 Å². The number of esters is 1. The maximum absolute atomic E-state index is 13.2. The number of thiazole rings is 1. The summed E-state index contributed by atoms with van der Waals surface area (Å²) in [5.74, 6) is -1.42. The third-order valence-corrected chi connectivity index (χ3v) is 8.48. The van der Waals surface area contributed by atoms with Gasteiger partial charge in [-0.15, -0.1) is 11.3 Å². The molecule has 0 saturated heterocycles. The lowest BCUT2D eigenvalue weighted by Gasteiger charge is -2.35. The molecule has 0 fully saturated rings. The van der Waals surface area contributed by atoms with Crippen LogP contribution in [-0.2, 0) is 20.7 Å². The zero-order valence-electron chi connectivity index (χ0n) is 22.7. The van der Waals surface area contributed by atoms with Crippen molar-refractivity contribution in [3.63, 3.8) is 0 Å². The minimum atomic E-state index is -1.20. The molecule has 0 aliphatic carbocycles. The molecule has 0 aromatic carbocycles. The molecule has 0 spiro atoms. The average molecular weight is 508 g/mol. The molecule has 2 heterocycles. The molecule has 6 nitrogen and oxygen atoms in total. The number of aliphatic hydroxyl groups is 2. The van der Waals surface area contributed by atoms with Gasteiger partial charge in [-0.3, -0.25) is 9.59 Å². The van der Waals surface area contributed by atoms with Crippen LogP contribution in [0.3, 0.4) is 0 Å². The molecule has 0 saturated carbocycles. The Morgan fingerprint density at radius 3 is 2.46 bits per heavy atom. The second-order valence-electron chi connectivity index (χ2n) is 11.3. The van der Waals surface area contributed by atoms with E-state index in [2.05, 4.69) is 31.8 Å². The van der Waals surface area contributed by atoms with Gasteiger partial charge in [0.25, 0.3) is 0 Å². The van der Waals surface area contributed by atoms with Crippen LogP contribution in [0.25, 0.3) is 0 Å². The van der Waals surface area contributed by atoms with Crippen LogP contribution in [0.5, 0.6) is 0 Å². The molecule has 0 radical (unpaired) electrons. The number of hydrogen-bond donors (Lipinski definition) is 2. The largest absolute Gasteiger partial charge is 0.461 e. The average Bonchev–Trinajstić information content (AvgIpc) is 3.19. The molecule has 2 rings (SSSR count). The van der Waals surface area contributed by atoms with Gasteiger partial charge in [0.1, 0.15) is 11.9 Å². The maximum atomic E-state index is 13.2. The highest BCUT2D eigenvalue weighted by atomic mass is 32.1. The number of carbonyl (C=O) groups excluding carboxylic acids is 2. The van der Waals surface area contributed by atoms with E-state index in [-0.39, 0.29) is 36.1 Å². The van der Waals surface area contributed by atoms with Crippen LogP contribution in [0.2, 0.25) is 0 Å². The fraction of sp³-hybridized carbons (Fsp3) is 0.750. The quantitative estimate of drug-likeness (QED) is 0.426. The number of carbonyl (C=O) groups is 2. The summed E-state index contributed by atoms with van der Waals surface area (Å²) in [6.45, 7) is 15.2. The van der Waals surface area contributed by atoms with Crippen molar-refractivity contribution in [2.24, 2.45) is 29.1 Å². The predicted octanol–water partition coefficient (Wildman–Crippen LogP) is 5.29. The first kappa shape index (κ1) is 29.7. The van der Waals surface area contributed by atoms with Crippen LogP contribution in [-0.4, -0.2) is 45.3 Å². The van der Waals surface area contributed by atoms with Gasteiger partial charge in [0.15, 0.2) is 0 Å². The van der Waals surface area contributed by atoms with Gasteiger partial charge in [-0.2, -0.15) is 0 Å². The van der Waals surface area contributed by atoms with Gasteiger partial charge in [-0.25, -0.2) is 4.98 Å². The van der Waals surface area contributed by atoms with E-state index in [1.807, 2.05) is 19.2 Å². The summed E-state index contributed by atoms with van der Waals surface area (Å²) >= 11 is 1.61. The van der Waals surface area contributed by atoms with Crippen LogP contribution in [0.15, 0.2) is 17.0 Å². The van der Waals surface area contributed by atoms with E-state index >= 15 is 0 Å². The molecule has 1 aromatic rings. The lowest BCUT2D eigenvalue weighted by Crippen LogP contribution is -2.46. The molecule has 0 bridgehead atoms. The van der Waals surface area contributed by atoms with Crippen molar-refractivity contribution in [1.29, 1.82) is 0 Å². The van der Waals surface area contributed by atoms with Gasteiger partial charge in [0, 0.05) is 17.2 Å². The highest BCUT2D eigenvalue weighted by Gasteiger charge is 2.42. The third-order valence-electron chi connectivity index (χ3n) is 7.66. The predicted molar refractivity (Wildman–Crippen MR) is 140 cm³/mol. The summed E-state index contributed by atoms with van der Waals surface area (Å²) in [5, 5.41) is 24.8. The molecule has 2 unspecified atom stereocenters. The van der Waals surface area contributed by atoms with Crippen molar-refractivity contribution in [2.75, 3.05) is 0 Å². The number of hydrogen-bond acceptors (Lipinski definition) is 7. The van der Waals surface area contributed by atoms with E-state index in [9.17, 15) is 19.8 Å². The minimum Gasteiger partial charge on any atom is -0.461 e. The Morgan fingerprint density at radius 2 is 1.86 bits per heavy atom. The Balaban J connectivity index is 2.33. The lowest BCUT2D eigenvalue weighted by atomic mass is 9.73. The fourth-order valence-electron chi connectivity index (χ4n) is 5.20. The molecule has 1 aromatic heterocycles. The van der Waals surface area contributed by atoms with E-state index in [1.165, 1.54) is 5.57 Å².